The predicted molar refractivity (Wildman–Crippen MR) is 60.9 cm³/mol. The zero-order chi connectivity index (χ0) is 11.4. The molecule has 1 fully saturated rings. The fourth-order valence-electron chi connectivity index (χ4n) is 2.06. The monoisotopic (exact) mass is 224 g/mol. The highest BCUT2D eigenvalue weighted by Gasteiger charge is 2.24. The van der Waals surface area contributed by atoms with E-state index in [0.29, 0.717) is 18.1 Å². The Hall–Kier alpha value is -0.870. The number of hydrogen-bond acceptors (Lipinski definition) is 4. The Bertz CT molecular complexity index is 298. The highest BCUT2D eigenvalue weighted by Crippen LogP contribution is 2.20. The number of rotatable bonds is 4. The van der Waals surface area contributed by atoms with E-state index in [4.69, 9.17) is 9.26 Å². The Morgan fingerprint density at radius 2 is 2.44 bits per heavy atom. The van der Waals surface area contributed by atoms with E-state index in [9.17, 15) is 0 Å². The molecule has 16 heavy (non-hydrogen) atoms. The Morgan fingerprint density at radius 3 is 3.12 bits per heavy atom. The summed E-state index contributed by atoms with van der Waals surface area (Å²) in [5, 5.41) is 7.18. The third-order valence-corrected chi connectivity index (χ3v) is 3.11. The van der Waals surface area contributed by atoms with Gasteiger partial charge in [0.15, 0.2) is 0 Å². The van der Waals surface area contributed by atoms with Crippen LogP contribution in [-0.4, -0.2) is 23.9 Å². The van der Waals surface area contributed by atoms with Crippen LogP contribution in [0.2, 0.25) is 0 Å². The maximum absolute atomic E-state index is 5.73. The lowest BCUT2D eigenvalue weighted by Crippen LogP contribution is -2.40. The quantitative estimate of drug-likeness (QED) is 0.849. The zero-order valence-electron chi connectivity index (χ0n) is 9.98. The molecule has 1 aliphatic heterocycles. The Labute approximate surface area is 96.3 Å². The molecule has 0 spiro atoms. The minimum absolute atomic E-state index is 0.390. The van der Waals surface area contributed by atoms with Crippen LogP contribution >= 0.6 is 0 Å². The number of nitrogens with zero attached hydrogens (tertiary/aromatic N) is 1. The molecule has 1 saturated heterocycles. The van der Waals surface area contributed by atoms with Crippen LogP contribution in [0.3, 0.4) is 0 Å². The fraction of sp³-hybridized carbons (Fsp3) is 0.750. The van der Waals surface area contributed by atoms with Crippen molar-refractivity contribution in [2.75, 3.05) is 6.61 Å². The molecule has 4 nitrogen and oxygen atoms in total. The molecule has 1 aliphatic rings. The second kappa shape index (κ2) is 5.46. The summed E-state index contributed by atoms with van der Waals surface area (Å²) in [7, 11) is 0. The molecule has 2 unspecified atom stereocenters. The molecule has 0 radical (unpaired) electrons. The van der Waals surface area contributed by atoms with Crippen molar-refractivity contribution < 1.29 is 9.26 Å². The van der Waals surface area contributed by atoms with Gasteiger partial charge in [0.25, 0.3) is 0 Å². The van der Waals surface area contributed by atoms with E-state index < -0.39 is 0 Å². The van der Waals surface area contributed by atoms with E-state index in [0.717, 1.165) is 31.8 Å². The second-order valence-electron chi connectivity index (χ2n) is 4.73. The van der Waals surface area contributed by atoms with Crippen LogP contribution < -0.4 is 5.32 Å². The van der Waals surface area contributed by atoms with Gasteiger partial charge in [-0.3, -0.25) is 0 Å². The van der Waals surface area contributed by atoms with Crippen LogP contribution in [0.25, 0.3) is 0 Å². The first-order valence-electron chi connectivity index (χ1n) is 6.00. The van der Waals surface area contributed by atoms with Crippen LogP contribution in [0.1, 0.15) is 32.4 Å². The van der Waals surface area contributed by atoms with Crippen LogP contribution in [-0.2, 0) is 11.3 Å². The van der Waals surface area contributed by atoms with Crippen molar-refractivity contribution in [1.82, 2.24) is 10.5 Å². The molecule has 0 amide bonds. The van der Waals surface area contributed by atoms with E-state index in [1.807, 2.05) is 6.07 Å². The molecule has 2 rings (SSSR count). The topological polar surface area (TPSA) is 47.3 Å². The lowest BCUT2D eigenvalue weighted by atomic mass is 9.95. The summed E-state index contributed by atoms with van der Waals surface area (Å²) < 4.78 is 10.8. The van der Waals surface area contributed by atoms with E-state index >= 15 is 0 Å². The molecule has 0 saturated carbocycles. The predicted octanol–water partition coefficient (Wildman–Crippen LogP) is 1.97. The summed E-state index contributed by atoms with van der Waals surface area (Å²) in [6.07, 6.45) is 4.24. The summed E-state index contributed by atoms with van der Waals surface area (Å²) in [4.78, 5) is 0. The molecule has 90 valence electrons. The van der Waals surface area contributed by atoms with Crippen molar-refractivity contribution in [3.63, 3.8) is 0 Å². The molecular formula is C12H20N2O2. The van der Waals surface area contributed by atoms with Gasteiger partial charge in [-0.1, -0.05) is 19.0 Å². The van der Waals surface area contributed by atoms with E-state index in [2.05, 4.69) is 24.3 Å². The molecule has 0 aromatic carbocycles. The van der Waals surface area contributed by atoms with Gasteiger partial charge in [0.05, 0.1) is 18.8 Å². The normalized spacial score (nSPS) is 26.2. The molecule has 2 heterocycles. The van der Waals surface area contributed by atoms with Gasteiger partial charge in [-0.05, 0) is 18.8 Å². The van der Waals surface area contributed by atoms with Gasteiger partial charge in [-0.25, -0.2) is 0 Å². The SMILES string of the molecule is CC(C)C1CC(NCc2ccno2)CCO1. The van der Waals surface area contributed by atoms with Gasteiger partial charge in [-0.15, -0.1) is 0 Å². The Morgan fingerprint density at radius 1 is 1.56 bits per heavy atom. The maximum atomic E-state index is 5.73. The molecule has 2 atom stereocenters. The Kier molecular flexibility index (Phi) is 3.96. The smallest absolute Gasteiger partial charge is 0.150 e. The van der Waals surface area contributed by atoms with Crippen LogP contribution in [0.15, 0.2) is 16.8 Å². The van der Waals surface area contributed by atoms with Gasteiger partial charge in [-0.2, -0.15) is 0 Å². The summed E-state index contributed by atoms with van der Waals surface area (Å²) in [6.45, 7) is 6.04. The maximum Gasteiger partial charge on any atom is 0.150 e. The lowest BCUT2D eigenvalue weighted by Gasteiger charge is -2.32. The van der Waals surface area contributed by atoms with Gasteiger partial charge in [0.2, 0.25) is 0 Å². The molecule has 1 N–H and O–H groups in total. The molecule has 1 aromatic rings. The van der Waals surface area contributed by atoms with Crippen LogP contribution in [0.4, 0.5) is 0 Å². The number of ether oxygens (including phenoxy) is 1. The van der Waals surface area contributed by atoms with Gasteiger partial charge < -0.3 is 14.6 Å². The minimum atomic E-state index is 0.390. The molecular weight excluding hydrogens is 204 g/mol. The molecule has 4 heteroatoms. The van der Waals surface area contributed by atoms with Gasteiger partial charge in [0, 0.05) is 18.7 Å². The zero-order valence-corrected chi connectivity index (χ0v) is 9.98. The number of aromatic nitrogens is 1. The van der Waals surface area contributed by atoms with Crippen molar-refractivity contribution in [2.24, 2.45) is 5.92 Å². The molecule has 0 bridgehead atoms. The van der Waals surface area contributed by atoms with Crippen molar-refractivity contribution in [1.29, 1.82) is 0 Å². The van der Waals surface area contributed by atoms with Crippen molar-refractivity contribution >= 4 is 0 Å². The largest absolute Gasteiger partial charge is 0.378 e. The van der Waals surface area contributed by atoms with E-state index in [1.54, 1.807) is 6.20 Å². The summed E-state index contributed by atoms with van der Waals surface area (Å²) in [6, 6.07) is 2.43. The fourth-order valence-corrected chi connectivity index (χ4v) is 2.06. The highest BCUT2D eigenvalue weighted by atomic mass is 16.5. The van der Waals surface area contributed by atoms with Crippen molar-refractivity contribution in [3.8, 4) is 0 Å². The van der Waals surface area contributed by atoms with Crippen LogP contribution in [0, 0.1) is 5.92 Å². The molecule has 1 aromatic heterocycles. The van der Waals surface area contributed by atoms with Crippen LogP contribution in [0.5, 0.6) is 0 Å². The first-order valence-corrected chi connectivity index (χ1v) is 6.00. The summed E-state index contributed by atoms with van der Waals surface area (Å²) in [5.74, 6) is 1.49. The lowest BCUT2D eigenvalue weighted by molar-refractivity contribution is -0.0248. The van der Waals surface area contributed by atoms with E-state index in [1.165, 1.54) is 0 Å². The van der Waals surface area contributed by atoms with Gasteiger partial charge in [0.1, 0.15) is 5.76 Å². The summed E-state index contributed by atoms with van der Waals surface area (Å²) >= 11 is 0. The van der Waals surface area contributed by atoms with E-state index in [-0.39, 0.29) is 0 Å². The first kappa shape index (κ1) is 11.6. The first-order chi connectivity index (χ1) is 7.75. The third-order valence-electron chi connectivity index (χ3n) is 3.11. The summed E-state index contributed by atoms with van der Waals surface area (Å²) in [5.41, 5.74) is 0. The number of hydrogen-bond donors (Lipinski definition) is 1. The van der Waals surface area contributed by atoms with Crippen molar-refractivity contribution in [3.05, 3.63) is 18.0 Å². The average Bonchev–Trinajstić information content (AvgIpc) is 2.79. The molecule has 0 aliphatic carbocycles. The standard InChI is InChI=1S/C12H20N2O2/c1-9(2)12-7-10(4-6-15-12)13-8-11-3-5-14-16-11/h3,5,9-10,12-13H,4,6-8H2,1-2H3. The second-order valence-corrected chi connectivity index (χ2v) is 4.73. The van der Waals surface area contributed by atoms with Gasteiger partial charge >= 0.3 is 0 Å². The highest BCUT2D eigenvalue weighted by molar-refractivity contribution is 4.93. The van der Waals surface area contributed by atoms with Crippen molar-refractivity contribution in [2.45, 2.75) is 45.4 Å². The average molecular weight is 224 g/mol. The minimum Gasteiger partial charge on any atom is -0.378 e. The third kappa shape index (κ3) is 3.06. The number of nitrogens with one attached hydrogen (secondary N) is 1. The Balaban J connectivity index is 1.77.